The van der Waals surface area contributed by atoms with E-state index < -0.39 is 6.04 Å². The molecule has 0 radical (unpaired) electrons. The largest absolute Gasteiger partial charge is 0.352 e. The van der Waals surface area contributed by atoms with Gasteiger partial charge in [0, 0.05) is 11.6 Å². The molecule has 0 aromatic rings. The third-order valence-corrected chi connectivity index (χ3v) is 2.96. The molecule has 0 aliphatic rings. The molecule has 1 atom stereocenters. The van der Waals surface area contributed by atoms with Crippen LogP contribution in [0, 0.1) is 5.92 Å². The average Bonchev–Trinajstić information content (AvgIpc) is 2.31. The number of hydrogen-bond donors (Lipinski definition) is 2. The van der Waals surface area contributed by atoms with Gasteiger partial charge in [-0.25, -0.2) is 0 Å². The van der Waals surface area contributed by atoms with E-state index in [0.717, 1.165) is 12.8 Å². The van der Waals surface area contributed by atoms with Crippen LogP contribution in [0.5, 0.6) is 0 Å². The van der Waals surface area contributed by atoms with Crippen molar-refractivity contribution in [2.45, 2.75) is 59.5 Å². The summed E-state index contributed by atoms with van der Waals surface area (Å²) in [4.78, 5) is 23.7. The number of carbonyl (C=O) groups excluding carboxylic acids is 2. The second-order valence-electron chi connectivity index (χ2n) is 5.00. The average molecular weight is 254 g/mol. The Kier molecular flexibility index (Phi) is 7.32. The van der Waals surface area contributed by atoms with E-state index in [-0.39, 0.29) is 23.8 Å². The highest BCUT2D eigenvalue weighted by Crippen LogP contribution is 2.05. The lowest BCUT2D eigenvalue weighted by Gasteiger charge is -2.24. The van der Waals surface area contributed by atoms with Crippen molar-refractivity contribution >= 4 is 11.8 Å². The lowest BCUT2D eigenvalue weighted by atomic mass is 10.0. The fourth-order valence-corrected chi connectivity index (χ4v) is 1.58. The van der Waals surface area contributed by atoms with Gasteiger partial charge in [-0.2, -0.15) is 0 Å². The number of nitrogens with one attached hydrogen (secondary N) is 2. The van der Waals surface area contributed by atoms with Gasteiger partial charge in [-0.05, 0) is 25.7 Å². The van der Waals surface area contributed by atoms with Crippen molar-refractivity contribution in [3.05, 3.63) is 12.2 Å². The van der Waals surface area contributed by atoms with Gasteiger partial charge in [0.05, 0.1) is 0 Å². The van der Waals surface area contributed by atoms with E-state index in [4.69, 9.17) is 0 Å². The first-order valence-electron chi connectivity index (χ1n) is 6.60. The van der Waals surface area contributed by atoms with Gasteiger partial charge < -0.3 is 10.6 Å². The smallest absolute Gasteiger partial charge is 0.246 e. The van der Waals surface area contributed by atoms with Crippen LogP contribution in [0.25, 0.3) is 0 Å². The summed E-state index contributed by atoms with van der Waals surface area (Å²) in [5, 5.41) is 5.68. The maximum absolute atomic E-state index is 12.1. The number of rotatable bonds is 7. The summed E-state index contributed by atoms with van der Waals surface area (Å²) in [6, 6.07) is -0.338. The predicted molar refractivity (Wildman–Crippen MR) is 74.1 cm³/mol. The first-order chi connectivity index (χ1) is 8.33. The molecule has 0 aromatic heterocycles. The van der Waals surface area contributed by atoms with Gasteiger partial charge in [0.25, 0.3) is 0 Å². The summed E-state index contributed by atoms with van der Waals surface area (Å²) in [5.74, 6) is -0.343. The molecular weight excluding hydrogens is 228 g/mol. The molecule has 18 heavy (non-hydrogen) atoms. The first kappa shape index (κ1) is 16.7. The summed E-state index contributed by atoms with van der Waals surface area (Å²) in [5.41, 5.74) is 0.413. The Morgan fingerprint density at radius 3 is 1.94 bits per heavy atom. The van der Waals surface area contributed by atoms with Crippen LogP contribution in [0.3, 0.4) is 0 Å². The molecule has 4 heteroatoms. The van der Waals surface area contributed by atoms with Crippen LogP contribution in [0.15, 0.2) is 12.2 Å². The van der Waals surface area contributed by atoms with E-state index in [0.29, 0.717) is 5.57 Å². The number of hydrogen-bond acceptors (Lipinski definition) is 2. The molecule has 2 N–H and O–H groups in total. The molecule has 0 aliphatic carbocycles. The molecule has 2 amide bonds. The van der Waals surface area contributed by atoms with Gasteiger partial charge in [0.2, 0.25) is 11.8 Å². The Hall–Kier alpha value is -1.32. The minimum Gasteiger partial charge on any atom is -0.352 e. The quantitative estimate of drug-likeness (QED) is 0.683. The highest BCUT2D eigenvalue weighted by atomic mass is 16.2. The van der Waals surface area contributed by atoms with Gasteiger partial charge in [-0.3, -0.25) is 9.59 Å². The molecular formula is C14H26N2O2. The Bertz CT molecular complexity index is 307. The van der Waals surface area contributed by atoms with Crippen molar-refractivity contribution in [3.8, 4) is 0 Å². The Labute approximate surface area is 110 Å². The zero-order valence-corrected chi connectivity index (χ0v) is 12.2. The molecule has 104 valence electrons. The maximum atomic E-state index is 12.1. The fraction of sp³-hybridized carbons (Fsp3) is 0.714. The molecule has 0 rings (SSSR count). The molecule has 0 aromatic carbocycles. The molecule has 0 spiro atoms. The lowest BCUT2D eigenvalue weighted by molar-refractivity contribution is -0.129. The monoisotopic (exact) mass is 254 g/mol. The Morgan fingerprint density at radius 2 is 1.61 bits per heavy atom. The Morgan fingerprint density at radius 1 is 1.11 bits per heavy atom. The minimum absolute atomic E-state index is 0.0441. The van der Waals surface area contributed by atoms with E-state index in [2.05, 4.69) is 17.2 Å². The van der Waals surface area contributed by atoms with E-state index in [9.17, 15) is 9.59 Å². The number of amides is 2. The second-order valence-corrected chi connectivity index (χ2v) is 5.00. The minimum atomic E-state index is -0.505. The van der Waals surface area contributed by atoms with E-state index >= 15 is 0 Å². The molecule has 0 fully saturated rings. The molecule has 0 aliphatic heterocycles. The standard InChI is InChI=1S/C14H26N2O2/c1-7-11(8-2)15-14(18)12(9(3)4)16-13(17)10(5)6/h9,11-12H,5,7-8H2,1-4,6H3,(H,15,18)(H,16,17)/t12-/m1/s1. The lowest BCUT2D eigenvalue weighted by Crippen LogP contribution is -2.52. The van der Waals surface area contributed by atoms with Gasteiger partial charge in [0.15, 0.2) is 0 Å². The third kappa shape index (κ3) is 5.34. The molecule has 0 bridgehead atoms. The van der Waals surface area contributed by atoms with Crippen molar-refractivity contribution in [1.82, 2.24) is 10.6 Å². The highest BCUT2D eigenvalue weighted by Gasteiger charge is 2.25. The third-order valence-electron chi connectivity index (χ3n) is 2.96. The fourth-order valence-electron chi connectivity index (χ4n) is 1.58. The van der Waals surface area contributed by atoms with Crippen molar-refractivity contribution in [2.75, 3.05) is 0 Å². The topological polar surface area (TPSA) is 58.2 Å². The molecule has 4 nitrogen and oxygen atoms in total. The van der Waals surface area contributed by atoms with Gasteiger partial charge in [0.1, 0.15) is 6.04 Å². The molecule has 0 saturated heterocycles. The van der Waals surface area contributed by atoms with E-state index in [1.807, 2.05) is 27.7 Å². The van der Waals surface area contributed by atoms with Gasteiger partial charge in [-0.1, -0.05) is 34.3 Å². The van der Waals surface area contributed by atoms with Crippen LogP contribution in [0.2, 0.25) is 0 Å². The van der Waals surface area contributed by atoms with Crippen molar-refractivity contribution < 1.29 is 9.59 Å². The van der Waals surface area contributed by atoms with Gasteiger partial charge >= 0.3 is 0 Å². The molecule has 0 heterocycles. The SMILES string of the molecule is C=C(C)C(=O)N[C@@H](C(=O)NC(CC)CC)C(C)C. The molecule has 0 saturated carbocycles. The summed E-state index contributed by atoms with van der Waals surface area (Å²) in [6.07, 6.45) is 1.78. The van der Waals surface area contributed by atoms with Crippen LogP contribution >= 0.6 is 0 Å². The Balaban J connectivity index is 4.64. The normalized spacial score (nSPS) is 12.4. The second kappa shape index (κ2) is 7.90. The van der Waals surface area contributed by atoms with Crippen molar-refractivity contribution in [2.24, 2.45) is 5.92 Å². The van der Waals surface area contributed by atoms with E-state index in [1.54, 1.807) is 6.92 Å². The zero-order chi connectivity index (χ0) is 14.3. The summed E-state index contributed by atoms with van der Waals surface area (Å²) in [6.45, 7) is 13.1. The predicted octanol–water partition coefficient (Wildman–Crippen LogP) is 2.01. The summed E-state index contributed by atoms with van der Waals surface area (Å²) >= 11 is 0. The van der Waals surface area contributed by atoms with Crippen molar-refractivity contribution in [3.63, 3.8) is 0 Å². The van der Waals surface area contributed by atoms with Crippen LogP contribution in [0.1, 0.15) is 47.5 Å². The summed E-state index contributed by atoms with van der Waals surface area (Å²) < 4.78 is 0. The van der Waals surface area contributed by atoms with Crippen LogP contribution in [-0.2, 0) is 9.59 Å². The van der Waals surface area contributed by atoms with E-state index in [1.165, 1.54) is 0 Å². The highest BCUT2D eigenvalue weighted by molar-refractivity contribution is 5.96. The van der Waals surface area contributed by atoms with Crippen LogP contribution in [0.4, 0.5) is 0 Å². The maximum Gasteiger partial charge on any atom is 0.246 e. The molecule has 0 unspecified atom stereocenters. The first-order valence-corrected chi connectivity index (χ1v) is 6.60. The zero-order valence-electron chi connectivity index (χ0n) is 12.2. The van der Waals surface area contributed by atoms with Gasteiger partial charge in [-0.15, -0.1) is 0 Å². The van der Waals surface area contributed by atoms with Crippen LogP contribution < -0.4 is 10.6 Å². The number of carbonyl (C=O) groups is 2. The van der Waals surface area contributed by atoms with Crippen LogP contribution in [-0.4, -0.2) is 23.9 Å². The van der Waals surface area contributed by atoms with Crippen molar-refractivity contribution in [1.29, 1.82) is 0 Å². The summed E-state index contributed by atoms with van der Waals surface area (Å²) in [7, 11) is 0.